The van der Waals surface area contributed by atoms with Crippen molar-refractivity contribution in [2.75, 3.05) is 6.54 Å². The van der Waals surface area contributed by atoms with Gasteiger partial charge in [-0.3, -0.25) is 4.79 Å². The molecule has 1 aliphatic rings. The van der Waals surface area contributed by atoms with Crippen LogP contribution >= 0.6 is 11.6 Å². The van der Waals surface area contributed by atoms with Crippen LogP contribution < -0.4 is 0 Å². The van der Waals surface area contributed by atoms with Gasteiger partial charge in [0.15, 0.2) is 5.82 Å². The van der Waals surface area contributed by atoms with Crippen molar-refractivity contribution in [3.63, 3.8) is 0 Å². The van der Waals surface area contributed by atoms with Gasteiger partial charge in [-0.25, -0.2) is 9.50 Å². The lowest BCUT2D eigenvalue weighted by atomic mass is 10.0. The number of carbonyl (C=O) groups excluding carboxylic acids is 1. The molecule has 0 N–H and O–H groups in total. The number of rotatable bonds is 3. The average Bonchev–Trinajstić information content (AvgIpc) is 3.10. The van der Waals surface area contributed by atoms with Crippen molar-refractivity contribution in [3.8, 4) is 11.4 Å². The van der Waals surface area contributed by atoms with Crippen LogP contribution in [0.25, 0.3) is 17.2 Å². The molecule has 146 valence electrons. The number of benzene rings is 1. The first-order valence-electron chi connectivity index (χ1n) is 9.72. The molecule has 1 atom stereocenters. The van der Waals surface area contributed by atoms with E-state index < -0.39 is 0 Å². The van der Waals surface area contributed by atoms with Crippen molar-refractivity contribution < 1.29 is 4.79 Å². The molecule has 7 heteroatoms. The fourth-order valence-electron chi connectivity index (χ4n) is 3.91. The maximum absolute atomic E-state index is 12.9. The van der Waals surface area contributed by atoms with Crippen LogP contribution in [0.2, 0.25) is 5.02 Å². The lowest BCUT2D eigenvalue weighted by Crippen LogP contribution is -2.43. The van der Waals surface area contributed by atoms with Crippen LogP contribution in [0.15, 0.2) is 24.3 Å². The van der Waals surface area contributed by atoms with Crippen LogP contribution in [0, 0.1) is 13.8 Å². The van der Waals surface area contributed by atoms with Gasteiger partial charge < -0.3 is 4.90 Å². The van der Waals surface area contributed by atoms with Gasteiger partial charge in [0.05, 0.1) is 6.42 Å². The van der Waals surface area contributed by atoms with Gasteiger partial charge in [0.1, 0.15) is 0 Å². The zero-order valence-corrected chi connectivity index (χ0v) is 17.2. The number of piperidine rings is 1. The molecule has 6 nitrogen and oxygen atoms in total. The monoisotopic (exact) mass is 397 g/mol. The first-order chi connectivity index (χ1) is 13.4. The molecule has 28 heavy (non-hydrogen) atoms. The zero-order valence-electron chi connectivity index (χ0n) is 16.4. The molecule has 0 aliphatic carbocycles. The van der Waals surface area contributed by atoms with Crippen LogP contribution in [0.5, 0.6) is 0 Å². The molecular formula is C21H24ClN5O. The molecule has 1 aromatic carbocycles. The normalized spacial score (nSPS) is 17.3. The maximum atomic E-state index is 12.9. The lowest BCUT2D eigenvalue weighted by Gasteiger charge is -2.33. The van der Waals surface area contributed by atoms with Crippen molar-refractivity contribution >= 4 is 23.3 Å². The zero-order chi connectivity index (χ0) is 19.8. The molecule has 1 amide bonds. The number of likely N-dealkylation sites (tertiary alicyclic amines) is 1. The number of aryl methyl sites for hydroxylation is 2. The Morgan fingerprint density at radius 1 is 1.18 bits per heavy atom. The molecule has 2 aromatic heterocycles. The summed E-state index contributed by atoms with van der Waals surface area (Å²) in [5.74, 6) is 1.31. The van der Waals surface area contributed by atoms with Crippen molar-refractivity contribution in [1.82, 2.24) is 24.5 Å². The highest BCUT2D eigenvalue weighted by Gasteiger charge is 2.25. The Balaban J connectivity index is 1.67. The fourth-order valence-corrected chi connectivity index (χ4v) is 4.03. The van der Waals surface area contributed by atoms with E-state index in [1.807, 2.05) is 43.0 Å². The first-order valence-corrected chi connectivity index (χ1v) is 10.1. The Morgan fingerprint density at radius 2 is 1.93 bits per heavy atom. The molecule has 4 rings (SSSR count). The number of carbonyl (C=O) groups is 1. The quantitative estimate of drug-likeness (QED) is 0.670. The summed E-state index contributed by atoms with van der Waals surface area (Å²) in [7, 11) is 0. The van der Waals surface area contributed by atoms with E-state index in [-0.39, 0.29) is 5.91 Å². The summed E-state index contributed by atoms with van der Waals surface area (Å²) in [6.07, 6.45) is 3.71. The van der Waals surface area contributed by atoms with Crippen molar-refractivity contribution in [2.45, 2.75) is 52.5 Å². The van der Waals surface area contributed by atoms with Gasteiger partial charge in [0, 0.05) is 40.1 Å². The van der Waals surface area contributed by atoms with Crippen LogP contribution in [0.4, 0.5) is 0 Å². The van der Waals surface area contributed by atoms with Crippen molar-refractivity contribution in [2.24, 2.45) is 0 Å². The predicted molar refractivity (Wildman–Crippen MR) is 109 cm³/mol. The Kier molecular flexibility index (Phi) is 5.06. The molecular weight excluding hydrogens is 374 g/mol. The minimum Gasteiger partial charge on any atom is -0.340 e. The summed E-state index contributed by atoms with van der Waals surface area (Å²) < 4.78 is 1.74. The van der Waals surface area contributed by atoms with Crippen LogP contribution in [-0.4, -0.2) is 43.0 Å². The molecule has 1 unspecified atom stereocenters. The molecule has 0 saturated carbocycles. The van der Waals surface area contributed by atoms with Crippen LogP contribution in [0.1, 0.15) is 43.1 Å². The minimum atomic E-state index is 0.164. The van der Waals surface area contributed by atoms with Crippen LogP contribution in [-0.2, 0) is 11.2 Å². The summed E-state index contributed by atoms with van der Waals surface area (Å²) in [5.41, 5.74) is 3.56. The van der Waals surface area contributed by atoms with E-state index in [9.17, 15) is 4.79 Å². The lowest BCUT2D eigenvalue weighted by molar-refractivity contribution is -0.133. The Bertz CT molecular complexity index is 1030. The fraction of sp³-hybridized carbons (Fsp3) is 0.429. The van der Waals surface area contributed by atoms with E-state index in [1.165, 1.54) is 6.42 Å². The summed E-state index contributed by atoms with van der Waals surface area (Å²) >= 11 is 5.97. The van der Waals surface area contributed by atoms with Gasteiger partial charge >= 0.3 is 0 Å². The van der Waals surface area contributed by atoms with Crippen LogP contribution in [0.3, 0.4) is 0 Å². The van der Waals surface area contributed by atoms with Crippen molar-refractivity contribution in [3.05, 3.63) is 46.2 Å². The van der Waals surface area contributed by atoms with Gasteiger partial charge in [-0.05, 0) is 64.3 Å². The second kappa shape index (κ2) is 7.51. The highest BCUT2D eigenvalue weighted by molar-refractivity contribution is 6.30. The summed E-state index contributed by atoms with van der Waals surface area (Å²) in [5, 5.41) is 5.30. The highest BCUT2D eigenvalue weighted by Crippen LogP contribution is 2.23. The minimum absolute atomic E-state index is 0.164. The number of aromatic nitrogens is 4. The molecule has 1 aliphatic heterocycles. The van der Waals surface area contributed by atoms with E-state index >= 15 is 0 Å². The maximum Gasteiger partial charge on any atom is 0.253 e. The molecule has 3 heterocycles. The summed E-state index contributed by atoms with van der Waals surface area (Å²) in [6.45, 7) is 6.89. The molecule has 1 fully saturated rings. The van der Waals surface area contributed by atoms with Gasteiger partial charge in [-0.1, -0.05) is 11.6 Å². The van der Waals surface area contributed by atoms with Crippen molar-refractivity contribution in [1.29, 1.82) is 0 Å². The SMILES string of the molecule is Cc1nc2nc(-c3ccc(Cl)cc3)nn2c(C)c1CC(=O)N1CCCCC1C. The van der Waals surface area contributed by atoms with E-state index in [1.54, 1.807) is 4.52 Å². The van der Waals surface area contributed by atoms with Gasteiger partial charge in [0.25, 0.3) is 5.78 Å². The Morgan fingerprint density at radius 3 is 2.64 bits per heavy atom. The number of amides is 1. The van der Waals surface area contributed by atoms with E-state index in [0.29, 0.717) is 29.1 Å². The average molecular weight is 398 g/mol. The third-order valence-electron chi connectivity index (χ3n) is 5.60. The van der Waals surface area contributed by atoms with Gasteiger partial charge in [0.2, 0.25) is 5.91 Å². The van der Waals surface area contributed by atoms with Gasteiger partial charge in [-0.15, -0.1) is 5.10 Å². The standard InChI is InChI=1S/C21H24ClN5O/c1-13-6-4-5-11-26(13)19(28)12-18-14(2)23-21-24-20(25-27(21)15(18)3)16-7-9-17(22)10-8-16/h7-10,13H,4-6,11-12H2,1-3H3. The Labute approximate surface area is 169 Å². The number of nitrogens with zero attached hydrogens (tertiary/aromatic N) is 5. The Hall–Kier alpha value is -2.47. The van der Waals surface area contributed by atoms with Gasteiger partial charge in [-0.2, -0.15) is 4.98 Å². The largest absolute Gasteiger partial charge is 0.340 e. The highest BCUT2D eigenvalue weighted by atomic mass is 35.5. The summed E-state index contributed by atoms with van der Waals surface area (Å²) in [6, 6.07) is 7.72. The molecule has 0 spiro atoms. The van der Waals surface area contributed by atoms with E-state index in [4.69, 9.17) is 11.6 Å². The third-order valence-corrected chi connectivity index (χ3v) is 5.85. The van der Waals surface area contributed by atoms with E-state index in [2.05, 4.69) is 22.0 Å². The van der Waals surface area contributed by atoms with E-state index in [0.717, 1.165) is 41.9 Å². The topological polar surface area (TPSA) is 63.4 Å². The number of fused-ring (bicyclic) bond motifs is 1. The predicted octanol–water partition coefficient (Wildman–Crippen LogP) is 4.01. The second-order valence-electron chi connectivity index (χ2n) is 7.52. The second-order valence-corrected chi connectivity index (χ2v) is 7.96. The summed E-state index contributed by atoms with van der Waals surface area (Å²) in [4.78, 5) is 24.1. The molecule has 1 saturated heterocycles. The molecule has 0 radical (unpaired) electrons. The molecule has 0 bridgehead atoms. The molecule has 3 aromatic rings. The smallest absolute Gasteiger partial charge is 0.253 e. The number of hydrogen-bond donors (Lipinski definition) is 0. The first kappa shape index (κ1) is 18.9. The third kappa shape index (κ3) is 3.49. The number of halogens is 1. The number of hydrogen-bond acceptors (Lipinski definition) is 4.